The largest absolute Gasteiger partial charge is 0.494 e. The Balaban J connectivity index is 1.99. The van der Waals surface area contributed by atoms with Crippen LogP contribution in [0.2, 0.25) is 0 Å². The predicted octanol–water partition coefficient (Wildman–Crippen LogP) is 5.11. The van der Waals surface area contributed by atoms with Gasteiger partial charge in [-0.15, -0.1) is 0 Å². The highest BCUT2D eigenvalue weighted by Crippen LogP contribution is 2.24. The molecule has 0 radical (unpaired) electrons. The van der Waals surface area contributed by atoms with Crippen molar-refractivity contribution < 1.29 is 14.3 Å². The quantitative estimate of drug-likeness (QED) is 0.486. The number of benzene rings is 2. The normalized spacial score (nSPS) is 11.6. The molecule has 1 atom stereocenters. The zero-order valence-electron chi connectivity index (χ0n) is 19.1. The number of rotatable bonds is 13. The molecule has 0 heterocycles. The van der Waals surface area contributed by atoms with Gasteiger partial charge in [-0.05, 0) is 49.4 Å². The van der Waals surface area contributed by atoms with E-state index in [-0.39, 0.29) is 17.9 Å². The summed E-state index contributed by atoms with van der Waals surface area (Å²) in [7, 11) is 0. The average Bonchev–Trinajstić information content (AvgIpc) is 2.79. The molecule has 2 aromatic carbocycles. The van der Waals surface area contributed by atoms with E-state index in [2.05, 4.69) is 19.2 Å². The van der Waals surface area contributed by atoms with Gasteiger partial charge >= 0.3 is 0 Å². The maximum Gasteiger partial charge on any atom is 0.222 e. The van der Waals surface area contributed by atoms with Gasteiger partial charge in [-0.25, -0.2) is 0 Å². The monoisotopic (exact) mass is 424 g/mol. The molecule has 0 aliphatic carbocycles. The summed E-state index contributed by atoms with van der Waals surface area (Å²) in [6.07, 6.45) is 3.20. The highest BCUT2D eigenvalue weighted by molar-refractivity contribution is 5.79. The van der Waals surface area contributed by atoms with Gasteiger partial charge in [0.15, 0.2) is 0 Å². The Labute approximate surface area is 186 Å². The van der Waals surface area contributed by atoms with Crippen LogP contribution in [0, 0.1) is 0 Å². The minimum atomic E-state index is -0.239. The molecule has 0 saturated carbocycles. The fourth-order valence-corrected chi connectivity index (χ4v) is 3.62. The molecule has 0 saturated heterocycles. The molecule has 2 aromatic rings. The Morgan fingerprint density at radius 1 is 0.871 bits per heavy atom. The lowest BCUT2D eigenvalue weighted by molar-refractivity contribution is -0.131. The smallest absolute Gasteiger partial charge is 0.222 e. The van der Waals surface area contributed by atoms with Crippen LogP contribution < -0.4 is 10.1 Å². The second-order valence-electron chi connectivity index (χ2n) is 7.65. The summed E-state index contributed by atoms with van der Waals surface area (Å²) in [5.74, 6) is 0.905. The van der Waals surface area contributed by atoms with Gasteiger partial charge in [-0.1, -0.05) is 56.3 Å². The molecule has 0 fully saturated rings. The highest BCUT2D eigenvalue weighted by Gasteiger charge is 2.18. The lowest BCUT2D eigenvalue weighted by Crippen LogP contribution is -2.33. The first-order chi connectivity index (χ1) is 15.1. The average molecular weight is 425 g/mol. The van der Waals surface area contributed by atoms with Crippen molar-refractivity contribution in [2.75, 3.05) is 19.7 Å². The maximum atomic E-state index is 12.7. The summed E-state index contributed by atoms with van der Waals surface area (Å²) in [6, 6.07) is 17.5. The van der Waals surface area contributed by atoms with Gasteiger partial charge in [0.1, 0.15) is 5.75 Å². The zero-order chi connectivity index (χ0) is 22.5. The molecule has 0 aliphatic rings. The molecular formula is C26H36N2O3. The first kappa shape index (κ1) is 24.4. The van der Waals surface area contributed by atoms with Gasteiger partial charge in [0.25, 0.3) is 0 Å². The van der Waals surface area contributed by atoms with Crippen LogP contribution in [0.3, 0.4) is 0 Å². The number of amides is 2. The summed E-state index contributed by atoms with van der Waals surface area (Å²) in [5, 5.41) is 3.15. The number of nitrogens with one attached hydrogen (secondary N) is 1. The minimum absolute atomic E-state index is 0.0481. The number of hydrogen-bond donors (Lipinski definition) is 1. The van der Waals surface area contributed by atoms with Crippen LogP contribution in [0.5, 0.6) is 5.75 Å². The standard InChI is InChI=1S/C26H36N2O3/c1-4-19-28(20-5-2)25(30)14-10-13-24(29)27-26(21-11-8-7-9-12-21)22-15-17-23(18-16-22)31-6-3/h7-9,11-12,15-18,26H,4-6,10,13-14,19-20H2,1-3H3,(H,27,29). The first-order valence-corrected chi connectivity index (χ1v) is 11.4. The van der Waals surface area contributed by atoms with Crippen molar-refractivity contribution in [1.29, 1.82) is 0 Å². The Morgan fingerprint density at radius 2 is 1.48 bits per heavy atom. The van der Waals surface area contributed by atoms with E-state index in [1.54, 1.807) is 0 Å². The molecule has 1 N–H and O–H groups in total. The molecule has 2 rings (SSSR count). The fourth-order valence-electron chi connectivity index (χ4n) is 3.62. The lowest BCUT2D eigenvalue weighted by atomic mass is 9.98. The molecule has 5 heteroatoms. The van der Waals surface area contributed by atoms with Crippen LogP contribution in [-0.4, -0.2) is 36.4 Å². The summed E-state index contributed by atoms with van der Waals surface area (Å²) in [4.78, 5) is 27.1. The number of carbonyl (C=O) groups is 2. The van der Waals surface area contributed by atoms with E-state index in [9.17, 15) is 9.59 Å². The highest BCUT2D eigenvalue weighted by atomic mass is 16.5. The van der Waals surface area contributed by atoms with Gasteiger partial charge in [-0.2, -0.15) is 0 Å². The summed E-state index contributed by atoms with van der Waals surface area (Å²) >= 11 is 0. The van der Waals surface area contributed by atoms with Crippen LogP contribution in [0.15, 0.2) is 54.6 Å². The third kappa shape index (κ3) is 8.08. The molecule has 0 aromatic heterocycles. The number of nitrogens with zero attached hydrogens (tertiary/aromatic N) is 1. The van der Waals surface area contributed by atoms with Gasteiger partial charge in [0.05, 0.1) is 12.6 Å². The van der Waals surface area contributed by atoms with Crippen LogP contribution >= 0.6 is 0 Å². The Bertz CT molecular complexity index is 784. The van der Waals surface area contributed by atoms with E-state index >= 15 is 0 Å². The Kier molecular flexibility index (Phi) is 10.6. The molecule has 2 amide bonds. The van der Waals surface area contributed by atoms with E-state index in [0.717, 1.165) is 42.8 Å². The van der Waals surface area contributed by atoms with E-state index in [4.69, 9.17) is 4.74 Å². The van der Waals surface area contributed by atoms with Crippen molar-refractivity contribution in [3.63, 3.8) is 0 Å². The maximum absolute atomic E-state index is 12.7. The molecule has 0 spiro atoms. The van der Waals surface area contributed by atoms with E-state index < -0.39 is 0 Å². The van der Waals surface area contributed by atoms with Crippen LogP contribution in [0.4, 0.5) is 0 Å². The topological polar surface area (TPSA) is 58.6 Å². The van der Waals surface area contributed by atoms with Crippen LogP contribution in [0.1, 0.15) is 70.0 Å². The zero-order valence-corrected chi connectivity index (χ0v) is 19.1. The van der Waals surface area contributed by atoms with Crippen molar-refractivity contribution in [2.24, 2.45) is 0 Å². The van der Waals surface area contributed by atoms with Crippen molar-refractivity contribution in [1.82, 2.24) is 10.2 Å². The molecule has 5 nitrogen and oxygen atoms in total. The van der Waals surface area contributed by atoms with E-state index in [0.29, 0.717) is 25.9 Å². The number of hydrogen-bond acceptors (Lipinski definition) is 3. The number of ether oxygens (including phenoxy) is 1. The first-order valence-electron chi connectivity index (χ1n) is 11.4. The molecule has 31 heavy (non-hydrogen) atoms. The lowest BCUT2D eigenvalue weighted by Gasteiger charge is -2.22. The van der Waals surface area contributed by atoms with Gasteiger partial charge < -0.3 is 15.0 Å². The van der Waals surface area contributed by atoms with Crippen LogP contribution in [0.25, 0.3) is 0 Å². The van der Waals surface area contributed by atoms with Crippen molar-refractivity contribution >= 4 is 11.8 Å². The second kappa shape index (κ2) is 13.5. The summed E-state index contributed by atoms with van der Waals surface area (Å²) in [6.45, 7) is 8.29. The van der Waals surface area contributed by atoms with Gasteiger partial charge in [0.2, 0.25) is 11.8 Å². The molecule has 0 aliphatic heterocycles. The minimum Gasteiger partial charge on any atom is -0.494 e. The van der Waals surface area contributed by atoms with Crippen molar-refractivity contribution in [2.45, 2.75) is 58.9 Å². The van der Waals surface area contributed by atoms with Crippen LogP contribution in [-0.2, 0) is 9.59 Å². The second-order valence-corrected chi connectivity index (χ2v) is 7.65. The molecule has 0 bridgehead atoms. The summed E-state index contributed by atoms with van der Waals surface area (Å²) in [5.41, 5.74) is 2.02. The predicted molar refractivity (Wildman–Crippen MR) is 125 cm³/mol. The van der Waals surface area contributed by atoms with E-state index in [1.165, 1.54) is 0 Å². The molecule has 1 unspecified atom stereocenters. The third-order valence-corrected chi connectivity index (χ3v) is 5.10. The molecular weight excluding hydrogens is 388 g/mol. The van der Waals surface area contributed by atoms with Crippen molar-refractivity contribution in [3.05, 3.63) is 65.7 Å². The SMILES string of the molecule is CCCN(CCC)C(=O)CCCC(=O)NC(c1ccccc1)c1ccc(OCC)cc1. The summed E-state index contributed by atoms with van der Waals surface area (Å²) < 4.78 is 5.53. The van der Waals surface area contributed by atoms with E-state index in [1.807, 2.05) is 66.4 Å². The Morgan fingerprint density at radius 3 is 2.06 bits per heavy atom. The fraction of sp³-hybridized carbons (Fsp3) is 0.462. The molecule has 168 valence electrons. The Hall–Kier alpha value is -2.82. The van der Waals surface area contributed by atoms with Gasteiger partial charge in [0, 0.05) is 25.9 Å². The van der Waals surface area contributed by atoms with Crippen molar-refractivity contribution in [3.8, 4) is 5.75 Å². The van der Waals surface area contributed by atoms with Gasteiger partial charge in [-0.3, -0.25) is 9.59 Å². The third-order valence-electron chi connectivity index (χ3n) is 5.10. The number of carbonyl (C=O) groups excluding carboxylic acids is 2.